The maximum Gasteiger partial charge on any atom is 0.216 e. The van der Waals surface area contributed by atoms with E-state index in [0.717, 1.165) is 40.9 Å². The zero-order chi connectivity index (χ0) is 17.8. The highest BCUT2D eigenvalue weighted by Gasteiger charge is 2.19. The number of ether oxygens (including phenoxy) is 3. The van der Waals surface area contributed by atoms with Crippen LogP contribution >= 0.6 is 11.8 Å². The summed E-state index contributed by atoms with van der Waals surface area (Å²) in [6.45, 7) is 0. The van der Waals surface area contributed by atoms with E-state index >= 15 is 0 Å². The number of nitrogen functional groups attached to an aromatic ring is 1. The standard InChI is InChI=1S/C16H21N5O3S/c1-22-11-7-6-9-12(14(11)24-3)13(23-2)10(18-9)5-4-8-25-16-19-15(17)20-21-16/h6-7,18H,4-5,8H2,1-3H3,(H3,17,19,20,21). The summed E-state index contributed by atoms with van der Waals surface area (Å²) in [5.74, 6) is 3.34. The number of hydrogen-bond donors (Lipinski definition) is 3. The Morgan fingerprint density at radius 2 is 1.92 bits per heavy atom. The fourth-order valence-electron chi connectivity index (χ4n) is 2.76. The first-order chi connectivity index (χ1) is 12.2. The molecular weight excluding hydrogens is 342 g/mol. The number of aromatic nitrogens is 4. The zero-order valence-corrected chi connectivity index (χ0v) is 15.2. The SMILES string of the molecule is COc1ccc2[nH]c(CCCSc3n[nH]c(N)n3)c(OC)c2c1OC. The molecule has 0 bridgehead atoms. The molecule has 9 heteroatoms. The van der Waals surface area contributed by atoms with Gasteiger partial charge in [-0.2, -0.15) is 4.98 Å². The van der Waals surface area contributed by atoms with E-state index in [1.807, 2.05) is 12.1 Å². The van der Waals surface area contributed by atoms with E-state index in [0.29, 0.717) is 22.6 Å². The van der Waals surface area contributed by atoms with Gasteiger partial charge >= 0.3 is 0 Å². The number of nitrogens with two attached hydrogens (primary N) is 1. The van der Waals surface area contributed by atoms with Crippen molar-refractivity contribution >= 4 is 28.6 Å². The number of H-pyrrole nitrogens is 2. The lowest BCUT2D eigenvalue weighted by atomic mass is 10.1. The number of thioether (sulfide) groups is 1. The molecule has 0 saturated heterocycles. The largest absolute Gasteiger partial charge is 0.494 e. The van der Waals surface area contributed by atoms with Crippen molar-refractivity contribution in [1.82, 2.24) is 20.2 Å². The van der Waals surface area contributed by atoms with Crippen LogP contribution < -0.4 is 19.9 Å². The van der Waals surface area contributed by atoms with Crippen LogP contribution in [0.5, 0.6) is 17.2 Å². The molecule has 25 heavy (non-hydrogen) atoms. The number of nitrogens with one attached hydrogen (secondary N) is 2. The van der Waals surface area contributed by atoms with E-state index in [4.69, 9.17) is 19.9 Å². The fraction of sp³-hybridized carbons (Fsp3) is 0.375. The summed E-state index contributed by atoms with van der Waals surface area (Å²) in [6.07, 6.45) is 1.76. The van der Waals surface area contributed by atoms with Gasteiger partial charge in [-0.3, -0.25) is 0 Å². The minimum absolute atomic E-state index is 0.334. The van der Waals surface area contributed by atoms with Crippen molar-refractivity contribution in [2.45, 2.75) is 18.0 Å². The first-order valence-corrected chi connectivity index (χ1v) is 8.76. The van der Waals surface area contributed by atoms with Crippen molar-refractivity contribution in [3.8, 4) is 17.2 Å². The number of aromatic amines is 2. The molecule has 0 atom stereocenters. The molecular formula is C16H21N5O3S. The second-order valence-electron chi connectivity index (χ2n) is 5.32. The van der Waals surface area contributed by atoms with Gasteiger partial charge < -0.3 is 24.9 Å². The summed E-state index contributed by atoms with van der Waals surface area (Å²) in [5, 5.41) is 8.20. The predicted molar refractivity (Wildman–Crippen MR) is 97.8 cm³/mol. The van der Waals surface area contributed by atoms with E-state index in [1.165, 1.54) is 0 Å². The second kappa shape index (κ2) is 7.56. The Kier molecular flexibility index (Phi) is 5.22. The third-order valence-electron chi connectivity index (χ3n) is 3.82. The van der Waals surface area contributed by atoms with Gasteiger partial charge in [0.25, 0.3) is 0 Å². The summed E-state index contributed by atoms with van der Waals surface area (Å²) in [5.41, 5.74) is 7.50. The minimum atomic E-state index is 0.334. The summed E-state index contributed by atoms with van der Waals surface area (Å²) < 4.78 is 16.5. The van der Waals surface area contributed by atoms with Gasteiger partial charge in [-0.05, 0) is 25.0 Å². The molecule has 3 rings (SSSR count). The van der Waals surface area contributed by atoms with E-state index < -0.39 is 0 Å². The fourth-order valence-corrected chi connectivity index (χ4v) is 3.51. The van der Waals surface area contributed by atoms with Gasteiger partial charge in [0.05, 0.1) is 37.9 Å². The lowest BCUT2D eigenvalue weighted by Crippen LogP contribution is -1.94. The highest BCUT2D eigenvalue weighted by molar-refractivity contribution is 7.99. The Bertz CT molecular complexity index is 861. The second-order valence-corrected chi connectivity index (χ2v) is 6.38. The molecule has 2 aromatic heterocycles. The predicted octanol–water partition coefficient (Wildman–Crippen LogP) is 2.62. The summed E-state index contributed by atoms with van der Waals surface area (Å²) in [7, 11) is 4.91. The summed E-state index contributed by atoms with van der Waals surface area (Å²) >= 11 is 1.56. The number of hydrogen-bond acceptors (Lipinski definition) is 7. The minimum Gasteiger partial charge on any atom is -0.494 e. The molecule has 0 aliphatic carbocycles. The molecule has 1 aromatic carbocycles. The number of rotatable bonds is 8. The van der Waals surface area contributed by atoms with Crippen LogP contribution in [0.3, 0.4) is 0 Å². The smallest absolute Gasteiger partial charge is 0.216 e. The van der Waals surface area contributed by atoms with Crippen molar-refractivity contribution in [1.29, 1.82) is 0 Å². The average Bonchev–Trinajstić information content (AvgIpc) is 3.20. The Morgan fingerprint density at radius 3 is 2.56 bits per heavy atom. The Labute approximate surface area is 149 Å². The third kappa shape index (κ3) is 3.46. The molecule has 2 heterocycles. The van der Waals surface area contributed by atoms with E-state index in [2.05, 4.69) is 20.2 Å². The topological polar surface area (TPSA) is 111 Å². The van der Waals surface area contributed by atoms with Gasteiger partial charge in [-0.15, -0.1) is 5.10 Å². The maximum atomic E-state index is 5.64. The van der Waals surface area contributed by atoms with Crippen LogP contribution in [0.25, 0.3) is 10.9 Å². The van der Waals surface area contributed by atoms with E-state index in [-0.39, 0.29) is 0 Å². The van der Waals surface area contributed by atoms with Crippen LogP contribution in [0.4, 0.5) is 5.95 Å². The van der Waals surface area contributed by atoms with Crippen molar-refractivity contribution in [2.75, 3.05) is 32.8 Å². The van der Waals surface area contributed by atoms with Gasteiger partial charge in [-0.25, -0.2) is 5.10 Å². The van der Waals surface area contributed by atoms with Gasteiger partial charge in [0.2, 0.25) is 11.1 Å². The van der Waals surface area contributed by atoms with Crippen molar-refractivity contribution in [3.63, 3.8) is 0 Å². The van der Waals surface area contributed by atoms with Gasteiger partial charge in [0, 0.05) is 5.75 Å². The highest BCUT2D eigenvalue weighted by atomic mass is 32.2. The molecule has 4 N–H and O–H groups in total. The number of anilines is 1. The Balaban J connectivity index is 1.77. The van der Waals surface area contributed by atoms with E-state index in [9.17, 15) is 0 Å². The lowest BCUT2D eigenvalue weighted by molar-refractivity contribution is 0.356. The molecule has 0 saturated carbocycles. The molecule has 0 aliphatic rings. The first-order valence-electron chi connectivity index (χ1n) is 7.78. The number of aryl methyl sites for hydroxylation is 1. The van der Waals surface area contributed by atoms with Crippen LogP contribution in [0.2, 0.25) is 0 Å². The highest BCUT2D eigenvalue weighted by Crippen LogP contribution is 2.42. The van der Waals surface area contributed by atoms with Crippen molar-refractivity contribution in [3.05, 3.63) is 17.8 Å². The molecule has 0 spiro atoms. The summed E-state index contributed by atoms with van der Waals surface area (Å²) in [4.78, 5) is 7.49. The van der Waals surface area contributed by atoms with Gasteiger partial charge in [0.15, 0.2) is 17.2 Å². The molecule has 3 aromatic rings. The molecule has 0 unspecified atom stereocenters. The third-order valence-corrected chi connectivity index (χ3v) is 4.75. The number of fused-ring (bicyclic) bond motifs is 1. The zero-order valence-electron chi connectivity index (χ0n) is 14.4. The molecule has 0 radical (unpaired) electrons. The van der Waals surface area contributed by atoms with Crippen LogP contribution in [0.15, 0.2) is 17.3 Å². The van der Waals surface area contributed by atoms with Gasteiger partial charge in [-0.1, -0.05) is 11.8 Å². The monoisotopic (exact) mass is 363 g/mol. The van der Waals surface area contributed by atoms with Crippen LogP contribution in [-0.2, 0) is 6.42 Å². The van der Waals surface area contributed by atoms with Gasteiger partial charge in [0.1, 0.15) is 0 Å². The molecule has 0 aliphatic heterocycles. The summed E-state index contributed by atoms with van der Waals surface area (Å²) in [6, 6.07) is 3.85. The van der Waals surface area contributed by atoms with Crippen LogP contribution in [-0.4, -0.2) is 47.2 Å². The molecule has 0 amide bonds. The quantitative estimate of drug-likeness (QED) is 0.417. The molecule has 0 fully saturated rings. The van der Waals surface area contributed by atoms with Crippen molar-refractivity contribution in [2.24, 2.45) is 0 Å². The Morgan fingerprint density at radius 1 is 1.12 bits per heavy atom. The number of nitrogens with zero attached hydrogens (tertiary/aromatic N) is 2. The average molecular weight is 363 g/mol. The van der Waals surface area contributed by atoms with E-state index in [1.54, 1.807) is 33.1 Å². The Hall–Kier alpha value is -2.55. The molecule has 134 valence electrons. The first kappa shape index (κ1) is 17.3. The van der Waals surface area contributed by atoms with Crippen molar-refractivity contribution < 1.29 is 14.2 Å². The number of methoxy groups -OCH3 is 3. The lowest BCUT2D eigenvalue weighted by Gasteiger charge is -2.09. The maximum absolute atomic E-state index is 5.64. The van der Waals surface area contributed by atoms with Crippen LogP contribution in [0.1, 0.15) is 12.1 Å². The number of benzene rings is 1. The normalized spacial score (nSPS) is 11.0. The molecule has 8 nitrogen and oxygen atoms in total. The van der Waals surface area contributed by atoms with Crippen LogP contribution in [0, 0.1) is 0 Å².